The molecule has 0 bridgehead atoms. The van der Waals surface area contributed by atoms with Crippen molar-refractivity contribution in [2.45, 2.75) is 33.1 Å². The third-order valence-corrected chi connectivity index (χ3v) is 4.09. The second-order valence-corrected chi connectivity index (χ2v) is 6.47. The minimum Gasteiger partial charge on any atom is -0.490 e. The molecule has 0 aliphatic rings. The van der Waals surface area contributed by atoms with Gasteiger partial charge in [-0.05, 0) is 43.2 Å². The van der Waals surface area contributed by atoms with Crippen LogP contribution in [0.25, 0.3) is 11.0 Å². The number of hydrogen-bond acceptors (Lipinski definition) is 4. The average Bonchev–Trinajstić information content (AvgIpc) is 3.15. The number of H-pyrrole nitrogens is 1. The zero-order valence-corrected chi connectivity index (χ0v) is 16.3. The fourth-order valence-corrected chi connectivity index (χ4v) is 2.72. The van der Waals surface area contributed by atoms with Crippen molar-refractivity contribution in [2.24, 2.45) is 0 Å². The Balaban J connectivity index is 1.79. The molecule has 0 fully saturated rings. The first kappa shape index (κ1) is 20.6. The molecule has 2 N–H and O–H groups in total. The highest BCUT2D eigenvalue weighted by Crippen LogP contribution is 2.31. The molecule has 0 saturated carbocycles. The predicted molar refractivity (Wildman–Crippen MR) is 107 cm³/mol. The molecule has 1 heterocycles. The molecule has 1 aromatic heterocycles. The monoisotopic (exact) mass is 403 g/mol. The van der Waals surface area contributed by atoms with Gasteiger partial charge in [0.2, 0.25) is 0 Å². The van der Waals surface area contributed by atoms with Crippen LogP contribution in [-0.2, 0) is 0 Å². The van der Waals surface area contributed by atoms with Gasteiger partial charge in [-0.25, -0.2) is 13.8 Å². The van der Waals surface area contributed by atoms with E-state index >= 15 is 0 Å². The minimum absolute atomic E-state index is 0.323. The highest BCUT2D eigenvalue weighted by atomic mass is 19.3. The predicted octanol–water partition coefficient (Wildman–Crippen LogP) is 5.33. The maximum Gasteiger partial charge on any atom is 0.295 e. The molecule has 29 heavy (non-hydrogen) atoms. The number of ether oxygens (including phenoxy) is 2. The number of imidazole rings is 1. The Labute approximate surface area is 167 Å². The largest absolute Gasteiger partial charge is 0.490 e. The van der Waals surface area contributed by atoms with Crippen molar-refractivity contribution in [2.75, 3.05) is 18.5 Å². The van der Waals surface area contributed by atoms with E-state index in [0.717, 1.165) is 12.8 Å². The number of hydrogen-bond donors (Lipinski definition) is 2. The van der Waals surface area contributed by atoms with Gasteiger partial charge in [-0.1, -0.05) is 13.8 Å². The van der Waals surface area contributed by atoms with Gasteiger partial charge in [0.15, 0.2) is 17.3 Å². The van der Waals surface area contributed by atoms with Crippen LogP contribution in [0.15, 0.2) is 36.4 Å². The number of rotatable bonds is 9. The fraction of sp³-hybridized carbons (Fsp3) is 0.333. The average molecular weight is 403 g/mol. The maximum atomic E-state index is 12.8. The van der Waals surface area contributed by atoms with E-state index in [0.29, 0.717) is 47.0 Å². The number of nitrogens with one attached hydrogen (secondary N) is 2. The molecule has 154 valence electrons. The SMILES string of the molecule is CCCOc1ccc(NC(=O)c2ccc3nc(C(F)F)[nH]c3c2)cc1OCCC. The first-order chi connectivity index (χ1) is 14.0. The Kier molecular flexibility index (Phi) is 6.64. The van der Waals surface area contributed by atoms with Crippen LogP contribution in [0.2, 0.25) is 0 Å². The first-order valence-electron chi connectivity index (χ1n) is 9.50. The molecular formula is C21H23F2N3O3. The maximum absolute atomic E-state index is 12.8. The summed E-state index contributed by atoms with van der Waals surface area (Å²) >= 11 is 0. The van der Waals surface area contributed by atoms with Crippen molar-refractivity contribution in [1.82, 2.24) is 9.97 Å². The Hall–Kier alpha value is -3.16. The van der Waals surface area contributed by atoms with Crippen LogP contribution in [0.4, 0.5) is 14.5 Å². The lowest BCUT2D eigenvalue weighted by atomic mass is 10.2. The highest BCUT2D eigenvalue weighted by molar-refractivity contribution is 6.06. The topological polar surface area (TPSA) is 76.2 Å². The van der Waals surface area contributed by atoms with Crippen molar-refractivity contribution >= 4 is 22.6 Å². The first-order valence-corrected chi connectivity index (χ1v) is 9.50. The molecule has 0 radical (unpaired) electrons. The van der Waals surface area contributed by atoms with Gasteiger partial charge in [-0.2, -0.15) is 0 Å². The van der Waals surface area contributed by atoms with Crippen molar-refractivity contribution in [3.05, 3.63) is 47.8 Å². The molecule has 3 rings (SSSR count). The number of carbonyl (C=O) groups excluding carboxylic acids is 1. The van der Waals surface area contributed by atoms with E-state index in [1.54, 1.807) is 24.3 Å². The standard InChI is InChI=1S/C21H23F2N3O3/c1-3-9-28-17-8-6-14(12-18(17)29-10-4-2)24-21(27)13-5-7-15-16(11-13)26-20(25-15)19(22)23/h5-8,11-12,19H,3-4,9-10H2,1-2H3,(H,24,27)(H,25,26). The minimum atomic E-state index is -2.70. The number of nitrogens with zero attached hydrogens (tertiary/aromatic N) is 1. The summed E-state index contributed by atoms with van der Waals surface area (Å²) in [5.74, 6) is 0.391. The zero-order valence-electron chi connectivity index (χ0n) is 16.3. The second kappa shape index (κ2) is 9.36. The molecule has 2 aromatic carbocycles. The molecular weight excluding hydrogens is 380 g/mol. The number of halogens is 2. The fourth-order valence-electron chi connectivity index (χ4n) is 2.72. The third-order valence-electron chi connectivity index (χ3n) is 4.09. The number of benzene rings is 2. The normalized spacial score (nSPS) is 11.1. The van der Waals surface area contributed by atoms with Crippen LogP contribution < -0.4 is 14.8 Å². The third kappa shape index (κ3) is 5.01. The lowest BCUT2D eigenvalue weighted by Crippen LogP contribution is -2.12. The van der Waals surface area contributed by atoms with Crippen molar-refractivity contribution < 1.29 is 23.0 Å². The quantitative estimate of drug-likeness (QED) is 0.506. The molecule has 0 aliphatic carbocycles. The summed E-state index contributed by atoms with van der Waals surface area (Å²) < 4.78 is 37.0. The zero-order chi connectivity index (χ0) is 20.8. The lowest BCUT2D eigenvalue weighted by Gasteiger charge is -2.14. The molecule has 0 aliphatic heterocycles. The summed E-state index contributed by atoms with van der Waals surface area (Å²) in [5.41, 5.74) is 1.62. The molecule has 0 spiro atoms. The van der Waals surface area contributed by atoms with E-state index in [2.05, 4.69) is 15.3 Å². The van der Waals surface area contributed by atoms with Gasteiger partial charge in [0.1, 0.15) is 0 Å². The van der Waals surface area contributed by atoms with Gasteiger partial charge in [0.25, 0.3) is 12.3 Å². The van der Waals surface area contributed by atoms with Gasteiger partial charge < -0.3 is 19.8 Å². The van der Waals surface area contributed by atoms with Crippen LogP contribution in [0.3, 0.4) is 0 Å². The smallest absolute Gasteiger partial charge is 0.295 e. The number of carbonyl (C=O) groups is 1. The summed E-state index contributed by atoms with van der Waals surface area (Å²) in [7, 11) is 0. The van der Waals surface area contributed by atoms with E-state index in [1.165, 1.54) is 12.1 Å². The van der Waals surface area contributed by atoms with Crippen LogP contribution in [0.5, 0.6) is 11.5 Å². The van der Waals surface area contributed by atoms with Crippen LogP contribution in [0.1, 0.15) is 49.3 Å². The Morgan fingerprint density at radius 2 is 1.79 bits per heavy atom. The second-order valence-electron chi connectivity index (χ2n) is 6.47. The Morgan fingerprint density at radius 1 is 1.07 bits per heavy atom. The van der Waals surface area contributed by atoms with Crippen LogP contribution in [0, 0.1) is 0 Å². The molecule has 8 heteroatoms. The van der Waals surface area contributed by atoms with Gasteiger partial charge in [-0.3, -0.25) is 4.79 Å². The molecule has 3 aromatic rings. The van der Waals surface area contributed by atoms with E-state index in [-0.39, 0.29) is 5.91 Å². The molecule has 0 atom stereocenters. The molecule has 1 amide bonds. The summed E-state index contributed by atoms with van der Waals surface area (Å²) in [6, 6.07) is 9.76. The summed E-state index contributed by atoms with van der Waals surface area (Å²) in [4.78, 5) is 19.0. The van der Waals surface area contributed by atoms with Crippen LogP contribution >= 0.6 is 0 Å². The molecule has 0 saturated heterocycles. The van der Waals surface area contributed by atoms with Crippen molar-refractivity contribution in [3.63, 3.8) is 0 Å². The number of amides is 1. The highest BCUT2D eigenvalue weighted by Gasteiger charge is 2.15. The van der Waals surface area contributed by atoms with E-state index < -0.39 is 12.2 Å². The number of aromatic amines is 1. The number of anilines is 1. The van der Waals surface area contributed by atoms with Gasteiger partial charge >= 0.3 is 0 Å². The van der Waals surface area contributed by atoms with Gasteiger partial charge in [0.05, 0.1) is 24.2 Å². The van der Waals surface area contributed by atoms with E-state index in [4.69, 9.17) is 9.47 Å². The number of alkyl halides is 2. The Morgan fingerprint density at radius 3 is 2.48 bits per heavy atom. The number of fused-ring (bicyclic) bond motifs is 1. The molecule has 0 unspecified atom stereocenters. The van der Waals surface area contributed by atoms with Gasteiger partial charge in [0, 0.05) is 17.3 Å². The van der Waals surface area contributed by atoms with E-state index in [1.807, 2.05) is 13.8 Å². The van der Waals surface area contributed by atoms with Crippen molar-refractivity contribution in [3.8, 4) is 11.5 Å². The van der Waals surface area contributed by atoms with E-state index in [9.17, 15) is 13.6 Å². The summed E-state index contributed by atoms with van der Waals surface area (Å²) in [6.45, 7) is 5.12. The lowest BCUT2D eigenvalue weighted by molar-refractivity contribution is 0.102. The van der Waals surface area contributed by atoms with Crippen LogP contribution in [-0.4, -0.2) is 29.1 Å². The van der Waals surface area contributed by atoms with Gasteiger partial charge in [-0.15, -0.1) is 0 Å². The molecule has 6 nitrogen and oxygen atoms in total. The summed E-state index contributed by atoms with van der Waals surface area (Å²) in [5, 5.41) is 2.80. The summed E-state index contributed by atoms with van der Waals surface area (Å²) in [6.07, 6.45) is -0.987. The Bertz CT molecular complexity index is 988. The van der Waals surface area contributed by atoms with Crippen molar-refractivity contribution in [1.29, 1.82) is 0 Å². The number of aromatic nitrogens is 2.